The highest BCUT2D eigenvalue weighted by Crippen LogP contribution is 2.51. The molecule has 0 radical (unpaired) electrons. The van der Waals surface area contributed by atoms with E-state index in [4.69, 9.17) is 39.7 Å². The molecule has 42 heavy (non-hydrogen) atoms. The molecular weight excluding hydrogens is 562 g/mol. The Bertz CT molecular complexity index is 1940. The van der Waals surface area contributed by atoms with Gasteiger partial charge in [0.2, 0.25) is 0 Å². The number of aromatic nitrogens is 1. The number of phenolic OH excluding ortho intramolecular Hbond substituents is 1. The number of rotatable bonds is 7. The molecule has 10 heteroatoms. The van der Waals surface area contributed by atoms with Crippen molar-refractivity contribution in [1.29, 1.82) is 0 Å². The summed E-state index contributed by atoms with van der Waals surface area (Å²) < 4.78 is 36.1. The van der Waals surface area contributed by atoms with Gasteiger partial charge in [0.15, 0.2) is 34.5 Å². The lowest BCUT2D eigenvalue weighted by Gasteiger charge is -2.23. The molecule has 1 aliphatic rings. The molecule has 0 saturated carbocycles. The summed E-state index contributed by atoms with van der Waals surface area (Å²) in [6.07, 6.45) is 0.504. The summed E-state index contributed by atoms with van der Waals surface area (Å²) in [5.41, 5.74) is 3.95. The van der Waals surface area contributed by atoms with Gasteiger partial charge in [-0.25, -0.2) is 4.79 Å². The topological polar surface area (TPSA) is 102 Å². The Morgan fingerprint density at radius 2 is 1.52 bits per heavy atom. The van der Waals surface area contributed by atoms with Crippen LogP contribution in [0, 0.1) is 0 Å². The van der Waals surface area contributed by atoms with Crippen molar-refractivity contribution in [1.82, 2.24) is 4.57 Å². The number of nitrogens with zero attached hydrogens (tertiary/aromatic N) is 1. The summed E-state index contributed by atoms with van der Waals surface area (Å²) in [5, 5.41) is 12.4. The van der Waals surface area contributed by atoms with Gasteiger partial charge in [0.05, 0.1) is 45.3 Å². The maximum Gasteiger partial charge on any atom is 0.361 e. The Morgan fingerprint density at radius 1 is 0.857 bits per heavy atom. The van der Waals surface area contributed by atoms with Crippen LogP contribution in [-0.2, 0) is 13.0 Å². The molecule has 218 valence electrons. The first-order valence-electron chi connectivity index (χ1n) is 13.4. The van der Waals surface area contributed by atoms with E-state index in [1.807, 2.05) is 30.5 Å². The third kappa shape index (κ3) is 4.18. The summed E-state index contributed by atoms with van der Waals surface area (Å²) in [7, 11) is 6.19. The number of methoxy groups -OCH3 is 4. The minimum absolute atomic E-state index is 0.0918. The number of aromatic hydroxyl groups is 1. The molecule has 0 unspecified atom stereocenters. The lowest BCUT2D eigenvalue weighted by Crippen LogP contribution is -2.15. The van der Waals surface area contributed by atoms with Crippen LogP contribution in [0.15, 0.2) is 45.6 Å². The van der Waals surface area contributed by atoms with E-state index in [-0.39, 0.29) is 17.6 Å². The van der Waals surface area contributed by atoms with Gasteiger partial charge in [0.25, 0.3) is 0 Å². The molecule has 1 aliphatic heterocycles. The van der Waals surface area contributed by atoms with Crippen LogP contribution in [0.5, 0.6) is 34.5 Å². The van der Waals surface area contributed by atoms with Crippen LogP contribution in [0.4, 0.5) is 0 Å². The largest absolute Gasteiger partial charge is 0.504 e. The fourth-order valence-corrected chi connectivity index (χ4v) is 6.06. The fraction of sp³-hybridized carbons (Fsp3) is 0.281. The number of hydrogen-bond acceptors (Lipinski definition) is 8. The maximum absolute atomic E-state index is 13.8. The van der Waals surface area contributed by atoms with Gasteiger partial charge >= 0.3 is 5.63 Å². The zero-order valence-electron chi connectivity index (χ0n) is 24.1. The van der Waals surface area contributed by atoms with Crippen molar-refractivity contribution < 1.29 is 33.2 Å². The summed E-state index contributed by atoms with van der Waals surface area (Å²) >= 11 is 6.89. The normalized spacial score (nSPS) is 12.4. The van der Waals surface area contributed by atoms with Gasteiger partial charge in [-0.3, -0.25) is 0 Å². The minimum atomic E-state index is -0.511. The fourth-order valence-electron chi connectivity index (χ4n) is 5.81. The number of benzene rings is 3. The van der Waals surface area contributed by atoms with Crippen LogP contribution in [0.1, 0.15) is 19.4 Å². The molecule has 3 aromatic carbocycles. The van der Waals surface area contributed by atoms with Crippen molar-refractivity contribution >= 4 is 33.5 Å². The Balaban J connectivity index is 1.82. The molecule has 6 rings (SSSR count). The number of phenols is 1. The van der Waals surface area contributed by atoms with E-state index in [2.05, 4.69) is 0 Å². The summed E-state index contributed by atoms with van der Waals surface area (Å²) in [6, 6.07) is 10.4. The van der Waals surface area contributed by atoms with Gasteiger partial charge in [-0.1, -0.05) is 11.6 Å². The van der Waals surface area contributed by atoms with Gasteiger partial charge in [0.1, 0.15) is 11.1 Å². The summed E-state index contributed by atoms with van der Waals surface area (Å²) in [6.45, 7) is 4.31. The zero-order chi connectivity index (χ0) is 29.9. The van der Waals surface area contributed by atoms with E-state index < -0.39 is 5.63 Å². The van der Waals surface area contributed by atoms with Crippen molar-refractivity contribution in [3.63, 3.8) is 0 Å². The maximum atomic E-state index is 13.8. The van der Waals surface area contributed by atoms with E-state index in [9.17, 15) is 9.90 Å². The molecule has 0 bridgehead atoms. The third-order valence-corrected chi connectivity index (χ3v) is 7.88. The SMILES string of the molecule is COc1cc(Cl)c(-c2c3n(c4c(=O)oc5cc(OC(C)C)c(OC)cc5c24)CCc2cc(OC)c(OC)cc2-3)cc1O. The van der Waals surface area contributed by atoms with Crippen LogP contribution >= 0.6 is 11.6 Å². The van der Waals surface area contributed by atoms with Gasteiger partial charge in [0, 0.05) is 46.1 Å². The third-order valence-electron chi connectivity index (χ3n) is 7.56. The molecule has 0 aliphatic carbocycles. The average molecular weight is 592 g/mol. The molecular formula is C32H30ClNO8. The predicted molar refractivity (Wildman–Crippen MR) is 161 cm³/mol. The molecule has 9 nitrogen and oxygen atoms in total. The number of halogens is 1. The number of hydrogen-bond donors (Lipinski definition) is 1. The highest BCUT2D eigenvalue weighted by atomic mass is 35.5. The Labute approximate surface area is 246 Å². The number of aryl methyl sites for hydroxylation is 2. The van der Waals surface area contributed by atoms with Crippen LogP contribution < -0.4 is 29.3 Å². The lowest BCUT2D eigenvalue weighted by atomic mass is 9.91. The van der Waals surface area contributed by atoms with Gasteiger partial charge in [-0.15, -0.1) is 0 Å². The highest BCUT2D eigenvalue weighted by Gasteiger charge is 2.32. The number of ether oxygens (including phenoxy) is 5. The second kappa shape index (κ2) is 10.4. The van der Waals surface area contributed by atoms with Crippen molar-refractivity contribution in [2.75, 3.05) is 28.4 Å². The van der Waals surface area contributed by atoms with Crippen LogP contribution in [0.25, 0.3) is 44.3 Å². The van der Waals surface area contributed by atoms with E-state index in [1.54, 1.807) is 45.6 Å². The molecule has 2 aromatic heterocycles. The Hall–Kier alpha value is -4.50. The van der Waals surface area contributed by atoms with Gasteiger partial charge in [-0.2, -0.15) is 0 Å². The van der Waals surface area contributed by atoms with E-state index in [0.717, 1.165) is 16.8 Å². The van der Waals surface area contributed by atoms with Crippen LogP contribution in [0.3, 0.4) is 0 Å². The first-order chi connectivity index (χ1) is 20.2. The Kier molecular flexibility index (Phi) is 6.85. The molecule has 0 fully saturated rings. The first kappa shape index (κ1) is 27.7. The Morgan fingerprint density at radius 3 is 2.19 bits per heavy atom. The molecule has 0 spiro atoms. The van der Waals surface area contributed by atoms with E-state index in [1.165, 1.54) is 7.11 Å². The smallest absolute Gasteiger partial charge is 0.361 e. The summed E-state index contributed by atoms with van der Waals surface area (Å²) in [4.78, 5) is 13.8. The van der Waals surface area contributed by atoms with E-state index >= 15 is 0 Å². The van der Waals surface area contributed by atoms with Crippen LogP contribution in [-0.4, -0.2) is 44.2 Å². The van der Waals surface area contributed by atoms with E-state index in [0.29, 0.717) is 74.0 Å². The first-order valence-corrected chi connectivity index (χ1v) is 13.8. The van der Waals surface area contributed by atoms with Crippen LogP contribution in [0.2, 0.25) is 5.02 Å². The van der Waals surface area contributed by atoms with Gasteiger partial charge < -0.3 is 37.8 Å². The lowest BCUT2D eigenvalue weighted by molar-refractivity contribution is 0.230. The molecule has 1 N–H and O–H groups in total. The minimum Gasteiger partial charge on any atom is -0.504 e. The second-order valence-corrected chi connectivity index (χ2v) is 10.7. The molecule has 5 aromatic rings. The quantitative estimate of drug-likeness (QED) is 0.206. The molecule has 0 saturated heterocycles. The molecule has 3 heterocycles. The van der Waals surface area contributed by atoms with Gasteiger partial charge in [-0.05, 0) is 50.1 Å². The molecule has 0 atom stereocenters. The zero-order valence-corrected chi connectivity index (χ0v) is 24.8. The highest BCUT2D eigenvalue weighted by molar-refractivity contribution is 6.35. The molecule has 0 amide bonds. The standard InChI is InChI=1S/C32H30ClNO8/c1-15(2)41-27-14-22-19(12-26(27)40-6)29-28(18-10-21(35)23(37-3)13-20(18)33)30-17-11-25(39-5)24(38-4)9-16(17)7-8-34(30)31(29)32(36)42-22/h9-15,35H,7-8H2,1-6H3. The summed E-state index contributed by atoms with van der Waals surface area (Å²) in [5.74, 6) is 2.22. The van der Waals surface area contributed by atoms with Crippen molar-refractivity contribution in [2.24, 2.45) is 0 Å². The van der Waals surface area contributed by atoms with Crippen molar-refractivity contribution in [3.05, 3.63) is 57.4 Å². The van der Waals surface area contributed by atoms with Crippen molar-refractivity contribution in [2.45, 2.75) is 32.9 Å². The van der Waals surface area contributed by atoms with Crippen molar-refractivity contribution in [3.8, 4) is 56.9 Å². The second-order valence-electron chi connectivity index (χ2n) is 10.3. The average Bonchev–Trinajstić information content (AvgIpc) is 3.33. The number of fused-ring (bicyclic) bond motifs is 7. The monoisotopic (exact) mass is 591 g/mol. The predicted octanol–water partition coefficient (Wildman–Crippen LogP) is 6.82.